The molecule has 288 valence electrons. The average molecular weight is 793 g/mol. The van der Waals surface area contributed by atoms with Crippen molar-refractivity contribution in [1.29, 1.82) is 0 Å². The summed E-state index contributed by atoms with van der Waals surface area (Å²) in [7, 11) is -5.34. The van der Waals surface area contributed by atoms with Gasteiger partial charge in [-0.2, -0.15) is 0 Å². The van der Waals surface area contributed by atoms with Gasteiger partial charge >= 0.3 is 54.3 Å². The maximum absolute atomic E-state index is 12.7. The summed E-state index contributed by atoms with van der Waals surface area (Å²) in [6.07, 6.45) is -3.25. The Morgan fingerprint density at radius 1 is 0.367 bits per heavy atom. The molecule has 0 saturated heterocycles. The van der Waals surface area contributed by atoms with Gasteiger partial charge in [0.1, 0.15) is 31.8 Å². The molecule has 0 aliphatic rings. The number of hydrogen-bond acceptors (Lipinski definition) is 20. The third-order valence-corrected chi connectivity index (χ3v) is 14.3. The van der Waals surface area contributed by atoms with Crippen LogP contribution in [-0.2, 0) is 92.6 Å². The minimum atomic E-state index is -3.60. The fourth-order valence-corrected chi connectivity index (χ4v) is 7.30. The number of carbonyl (C=O) groups is 4. The van der Waals surface area contributed by atoms with E-state index < -0.39 is 112 Å². The first-order valence-electron chi connectivity index (χ1n) is 14.3. The summed E-state index contributed by atoms with van der Waals surface area (Å²) in [4.78, 5) is 50.7. The second-order valence-electron chi connectivity index (χ2n) is 9.94. The molecule has 0 aromatic rings. The fraction of sp³-hybridized carbons (Fsp3) is 0.840. The zero-order valence-electron chi connectivity index (χ0n) is 28.9. The Morgan fingerprint density at radius 2 is 0.531 bits per heavy atom. The molecule has 0 aliphatic carbocycles. The Morgan fingerprint density at radius 3 is 0.673 bits per heavy atom. The largest absolute Gasteiger partial charge is 0.465 e. The highest BCUT2D eigenvalue weighted by Crippen LogP contribution is 2.49. The Hall–Kier alpha value is -1.52. The monoisotopic (exact) mass is 792 g/mol. The van der Waals surface area contributed by atoms with Crippen LogP contribution in [0.15, 0.2) is 0 Å². The fourth-order valence-electron chi connectivity index (χ4n) is 3.41. The second kappa shape index (κ2) is 23.1. The Kier molecular flexibility index (Phi) is 22.4. The lowest BCUT2D eigenvalue weighted by Gasteiger charge is -2.32. The summed E-state index contributed by atoms with van der Waals surface area (Å²) in [6, 6.07) is 0. The zero-order valence-corrected chi connectivity index (χ0v) is 32.5. The van der Waals surface area contributed by atoms with Crippen LogP contribution in [0.25, 0.3) is 0 Å². The van der Waals surface area contributed by atoms with Crippen molar-refractivity contribution in [2.75, 3.05) is 108 Å². The molecule has 0 unspecified atom stereocenters. The van der Waals surface area contributed by atoms with Crippen LogP contribution in [0.3, 0.4) is 0 Å². The molecule has 0 spiro atoms. The molecule has 0 atom stereocenters. The molecular formula is C25H48O20P4. The Bertz CT molecular complexity index is 1030. The van der Waals surface area contributed by atoms with E-state index in [1.165, 1.54) is 0 Å². The van der Waals surface area contributed by atoms with Crippen LogP contribution in [-0.4, -0.2) is 132 Å². The van der Waals surface area contributed by atoms with Crippen LogP contribution in [0.2, 0.25) is 0 Å². The summed E-state index contributed by atoms with van der Waals surface area (Å²) in [5, 5.41) is 0. The summed E-state index contributed by atoms with van der Waals surface area (Å²) >= 11 is 0. The van der Waals surface area contributed by atoms with Crippen LogP contribution in [0, 0.1) is 5.41 Å². The van der Waals surface area contributed by atoms with Crippen LogP contribution in [0.5, 0.6) is 0 Å². The van der Waals surface area contributed by atoms with Crippen molar-refractivity contribution >= 4 is 54.3 Å². The maximum atomic E-state index is 12.7. The molecule has 0 rings (SSSR count). The van der Waals surface area contributed by atoms with E-state index in [1.54, 1.807) is 0 Å². The molecule has 0 saturated carbocycles. The zero-order chi connectivity index (χ0) is 37.8. The van der Waals surface area contributed by atoms with E-state index in [-0.39, 0.29) is 24.6 Å². The highest BCUT2D eigenvalue weighted by molar-refractivity contribution is 7.54. The highest BCUT2D eigenvalue weighted by atomic mass is 31.2. The molecule has 20 nitrogen and oxygen atoms in total. The van der Waals surface area contributed by atoms with Gasteiger partial charge in [-0.25, -0.2) is 0 Å². The van der Waals surface area contributed by atoms with Crippen molar-refractivity contribution in [1.82, 2.24) is 0 Å². The molecule has 49 heavy (non-hydrogen) atoms. The molecule has 0 heterocycles. The van der Waals surface area contributed by atoms with Crippen LogP contribution < -0.4 is 0 Å². The molecule has 0 aromatic carbocycles. The minimum Gasteiger partial charge on any atom is -0.465 e. The van der Waals surface area contributed by atoms with E-state index in [9.17, 15) is 37.4 Å². The van der Waals surface area contributed by atoms with Gasteiger partial charge in [-0.05, 0) is 0 Å². The molecule has 0 bridgehead atoms. The molecule has 0 radical (unpaired) electrons. The van der Waals surface area contributed by atoms with Gasteiger partial charge < -0.3 is 55.1 Å². The first-order valence-corrected chi connectivity index (χ1v) is 21.2. The molecule has 0 aromatic heterocycles. The van der Waals surface area contributed by atoms with Crippen LogP contribution in [0.1, 0.15) is 25.7 Å². The average Bonchev–Trinajstić information content (AvgIpc) is 3.13. The Labute approximate surface area is 285 Å². The van der Waals surface area contributed by atoms with Gasteiger partial charge in [0.15, 0.2) is 0 Å². The summed E-state index contributed by atoms with van der Waals surface area (Å²) in [5.41, 5.74) is -1.77. The lowest BCUT2D eigenvalue weighted by Crippen LogP contribution is -2.44. The van der Waals surface area contributed by atoms with Gasteiger partial charge in [-0.15, -0.1) is 0 Å². The quantitative estimate of drug-likeness (QED) is 0.0623. The van der Waals surface area contributed by atoms with E-state index in [0.717, 1.165) is 56.9 Å². The van der Waals surface area contributed by atoms with Gasteiger partial charge in [0, 0.05) is 56.9 Å². The molecule has 0 aliphatic heterocycles. The van der Waals surface area contributed by atoms with Gasteiger partial charge in [0.05, 0.1) is 50.3 Å². The van der Waals surface area contributed by atoms with Gasteiger partial charge in [-0.3, -0.25) is 37.4 Å². The first kappa shape index (κ1) is 47.5. The standard InChI is InChI=1S/C25H48O20P4/c1-34-46(30,35-2)13-9-21(26)42-17-25(18-43-22(27)10-14-47(31,36-3)37-4,19-44-23(28)11-15-48(32,38-5)39-6)20-45-24(29)12-16-49(33,40-7)41-8/h9-20H2,1-8H3. The van der Waals surface area contributed by atoms with Crippen molar-refractivity contribution in [3.05, 3.63) is 0 Å². The first-order chi connectivity index (χ1) is 22.9. The van der Waals surface area contributed by atoms with Crippen LogP contribution in [0.4, 0.5) is 0 Å². The third-order valence-electron chi connectivity index (χ3n) is 6.74. The number of ether oxygens (including phenoxy) is 4. The van der Waals surface area contributed by atoms with E-state index in [4.69, 9.17) is 55.1 Å². The lowest BCUT2D eigenvalue weighted by atomic mass is 9.92. The van der Waals surface area contributed by atoms with Crippen LogP contribution >= 0.6 is 30.4 Å². The van der Waals surface area contributed by atoms with E-state index in [2.05, 4.69) is 0 Å². The summed E-state index contributed by atoms with van der Waals surface area (Å²) < 4.78 is 109. The van der Waals surface area contributed by atoms with Gasteiger partial charge in [0.2, 0.25) is 0 Å². The van der Waals surface area contributed by atoms with Crippen molar-refractivity contribution < 1.29 is 92.6 Å². The topological polar surface area (TPSA) is 247 Å². The number of esters is 4. The second-order valence-corrected chi connectivity index (χ2v) is 19.5. The smallest absolute Gasteiger partial charge is 0.330 e. The van der Waals surface area contributed by atoms with Crippen molar-refractivity contribution in [3.63, 3.8) is 0 Å². The third kappa shape index (κ3) is 18.5. The highest BCUT2D eigenvalue weighted by Gasteiger charge is 2.39. The molecule has 0 amide bonds. The molecule has 24 heteroatoms. The van der Waals surface area contributed by atoms with Crippen molar-refractivity contribution in [2.45, 2.75) is 25.7 Å². The molecular weight excluding hydrogens is 744 g/mol. The van der Waals surface area contributed by atoms with Crippen molar-refractivity contribution in [2.24, 2.45) is 5.41 Å². The summed E-state index contributed by atoms with van der Waals surface area (Å²) in [6.45, 7) is -2.77. The van der Waals surface area contributed by atoms with Gasteiger partial charge in [-0.1, -0.05) is 0 Å². The predicted octanol–water partition coefficient (Wildman–Crippen LogP) is 3.65. The number of hydrogen-bond donors (Lipinski definition) is 0. The normalized spacial score (nSPS) is 12.7. The van der Waals surface area contributed by atoms with Gasteiger partial charge in [0.25, 0.3) is 0 Å². The lowest BCUT2D eigenvalue weighted by molar-refractivity contribution is -0.170. The number of carbonyl (C=O) groups excluding carboxylic acids is 4. The maximum Gasteiger partial charge on any atom is 0.330 e. The Balaban J connectivity index is 6.22. The minimum absolute atomic E-state index is 0.359. The summed E-state index contributed by atoms with van der Waals surface area (Å²) in [5.74, 6) is -3.70. The SMILES string of the molecule is COP(=O)(CCC(=O)OCC(COC(=O)CCP(=O)(OC)OC)(COC(=O)CCP(=O)(OC)OC)COC(=O)CCP(=O)(OC)OC)OC. The van der Waals surface area contributed by atoms with E-state index in [0.29, 0.717) is 0 Å². The molecule has 0 N–H and O–H groups in total. The number of rotatable bonds is 28. The molecule has 0 fully saturated rings. The van der Waals surface area contributed by atoms with Crippen molar-refractivity contribution in [3.8, 4) is 0 Å². The predicted molar refractivity (Wildman–Crippen MR) is 171 cm³/mol. The van der Waals surface area contributed by atoms with E-state index >= 15 is 0 Å². The van der Waals surface area contributed by atoms with E-state index in [1.807, 2.05) is 0 Å².